The van der Waals surface area contributed by atoms with Gasteiger partial charge in [-0.15, -0.1) is 0 Å². The Morgan fingerprint density at radius 3 is 2.76 bits per heavy atom. The van der Waals surface area contributed by atoms with Crippen molar-refractivity contribution in [3.63, 3.8) is 0 Å². The van der Waals surface area contributed by atoms with Crippen LogP contribution >= 0.6 is 0 Å². The second-order valence-corrected chi connectivity index (χ2v) is 8.57. The van der Waals surface area contributed by atoms with Crippen molar-refractivity contribution in [3.8, 4) is 6.07 Å². The van der Waals surface area contributed by atoms with E-state index in [2.05, 4.69) is 24.5 Å². The molecule has 5 rings (SSSR count). The fraction of sp³-hybridized carbons (Fsp3) is 0.550. The summed E-state index contributed by atoms with van der Waals surface area (Å²) in [7, 11) is 0. The summed E-state index contributed by atoms with van der Waals surface area (Å²) in [6.45, 7) is 4.44. The lowest BCUT2D eigenvalue weighted by molar-refractivity contribution is -0.126. The predicted octanol–water partition coefficient (Wildman–Crippen LogP) is 3.92. The van der Waals surface area contributed by atoms with E-state index in [1.54, 1.807) is 6.07 Å². The fourth-order valence-electron chi connectivity index (χ4n) is 4.70. The molecular formula is C20H22N4O. The summed E-state index contributed by atoms with van der Waals surface area (Å²) in [6, 6.07) is 7.80. The molecule has 0 bridgehead atoms. The maximum absolute atomic E-state index is 13.2. The Bertz CT molecular complexity index is 940. The van der Waals surface area contributed by atoms with E-state index in [1.807, 2.05) is 17.0 Å². The number of hydrogen-bond donors (Lipinski definition) is 0. The molecule has 0 N–H and O–H groups in total. The van der Waals surface area contributed by atoms with Gasteiger partial charge in [0.05, 0.1) is 22.7 Å². The number of fused-ring (bicyclic) bond motifs is 4. The van der Waals surface area contributed by atoms with Crippen LogP contribution in [0.5, 0.6) is 0 Å². The van der Waals surface area contributed by atoms with Crippen LogP contribution in [0.1, 0.15) is 57.9 Å². The van der Waals surface area contributed by atoms with Gasteiger partial charge in [0.1, 0.15) is 5.66 Å². The van der Waals surface area contributed by atoms with Crippen LogP contribution in [0.3, 0.4) is 0 Å². The molecule has 0 unspecified atom stereocenters. The number of aromatic nitrogens is 2. The zero-order valence-corrected chi connectivity index (χ0v) is 14.7. The number of imidazole rings is 1. The maximum atomic E-state index is 13.2. The van der Waals surface area contributed by atoms with Gasteiger partial charge in [0, 0.05) is 6.42 Å². The third-order valence-corrected chi connectivity index (χ3v) is 6.49. The number of nitrogens with zero attached hydrogens (tertiary/aromatic N) is 4. The van der Waals surface area contributed by atoms with Crippen molar-refractivity contribution < 1.29 is 4.79 Å². The molecule has 1 aliphatic heterocycles. The smallest absolute Gasteiger partial charge is 0.231 e. The minimum atomic E-state index is -0.227. The van der Waals surface area contributed by atoms with Crippen LogP contribution in [0, 0.1) is 22.7 Å². The first-order chi connectivity index (χ1) is 12.0. The number of benzene rings is 1. The quantitative estimate of drug-likeness (QED) is 0.855. The maximum Gasteiger partial charge on any atom is 0.231 e. The Kier molecular flexibility index (Phi) is 2.77. The van der Waals surface area contributed by atoms with E-state index in [-0.39, 0.29) is 17.0 Å². The molecule has 1 amide bonds. The van der Waals surface area contributed by atoms with Crippen LogP contribution < -0.4 is 4.90 Å². The average molecular weight is 334 g/mol. The summed E-state index contributed by atoms with van der Waals surface area (Å²) < 4.78 is 2.20. The molecule has 2 heterocycles. The van der Waals surface area contributed by atoms with Crippen LogP contribution in [0.2, 0.25) is 0 Å². The molecule has 5 heteroatoms. The highest BCUT2D eigenvalue weighted by atomic mass is 16.2. The van der Waals surface area contributed by atoms with Crippen LogP contribution in [-0.4, -0.2) is 15.5 Å². The lowest BCUT2D eigenvalue weighted by atomic mass is 9.78. The van der Waals surface area contributed by atoms with E-state index in [0.29, 0.717) is 17.9 Å². The molecule has 1 aromatic carbocycles. The van der Waals surface area contributed by atoms with E-state index in [0.717, 1.165) is 36.2 Å². The minimum Gasteiger partial charge on any atom is -0.285 e. The van der Waals surface area contributed by atoms with E-state index in [4.69, 9.17) is 4.98 Å². The molecule has 2 aliphatic carbocycles. The Hall–Kier alpha value is -2.35. The molecule has 2 fully saturated rings. The second-order valence-electron chi connectivity index (χ2n) is 8.57. The van der Waals surface area contributed by atoms with Gasteiger partial charge in [-0.1, -0.05) is 13.8 Å². The van der Waals surface area contributed by atoms with E-state index < -0.39 is 0 Å². The van der Waals surface area contributed by atoms with Crippen molar-refractivity contribution in [2.24, 2.45) is 11.3 Å². The summed E-state index contributed by atoms with van der Waals surface area (Å²) in [5, 5.41) is 9.20. The molecule has 128 valence electrons. The van der Waals surface area contributed by atoms with Gasteiger partial charge in [-0.2, -0.15) is 5.26 Å². The number of nitriles is 1. The molecule has 2 aromatic rings. The first-order valence-electron chi connectivity index (χ1n) is 9.22. The SMILES string of the molecule is CC(C)(CC(=O)N1c2nc3ccc(C#N)cc3n2C12CCC2)C1CC1. The van der Waals surface area contributed by atoms with Crippen molar-refractivity contribution in [1.82, 2.24) is 9.55 Å². The Labute approximate surface area is 147 Å². The summed E-state index contributed by atoms with van der Waals surface area (Å²) in [5.41, 5.74) is 2.35. The van der Waals surface area contributed by atoms with Crippen molar-refractivity contribution in [2.45, 2.75) is 58.0 Å². The van der Waals surface area contributed by atoms with Gasteiger partial charge in [0.2, 0.25) is 11.9 Å². The number of carbonyl (C=O) groups is 1. The van der Waals surface area contributed by atoms with E-state index in [9.17, 15) is 10.1 Å². The third-order valence-electron chi connectivity index (χ3n) is 6.49. The van der Waals surface area contributed by atoms with Crippen LogP contribution in [0.15, 0.2) is 18.2 Å². The average Bonchev–Trinajstić information content (AvgIpc) is 3.31. The first kappa shape index (κ1) is 14.9. The first-order valence-corrected chi connectivity index (χ1v) is 9.22. The van der Waals surface area contributed by atoms with E-state index in [1.165, 1.54) is 12.8 Å². The van der Waals surface area contributed by atoms with Gasteiger partial charge in [-0.3, -0.25) is 14.3 Å². The predicted molar refractivity (Wildman–Crippen MR) is 94.9 cm³/mol. The van der Waals surface area contributed by atoms with Gasteiger partial charge in [0.15, 0.2) is 0 Å². The van der Waals surface area contributed by atoms with Crippen molar-refractivity contribution in [3.05, 3.63) is 23.8 Å². The standard InChI is InChI=1S/C20H22N4O/c1-19(2,14-5-6-14)11-17(25)24-18-22-15-7-4-13(12-21)10-16(15)23(18)20(24)8-3-9-20/h4,7,10,14H,3,5-6,8-9,11H2,1-2H3. The normalized spacial score (nSPS) is 20.8. The molecule has 0 saturated heterocycles. The summed E-state index contributed by atoms with van der Waals surface area (Å²) in [4.78, 5) is 19.8. The summed E-state index contributed by atoms with van der Waals surface area (Å²) >= 11 is 0. The zero-order valence-electron chi connectivity index (χ0n) is 14.7. The highest BCUT2D eigenvalue weighted by Gasteiger charge is 2.58. The molecule has 0 atom stereocenters. The minimum absolute atomic E-state index is 0.0719. The van der Waals surface area contributed by atoms with Gasteiger partial charge in [-0.05, 0) is 61.6 Å². The molecule has 25 heavy (non-hydrogen) atoms. The monoisotopic (exact) mass is 334 g/mol. The number of amides is 1. The summed E-state index contributed by atoms with van der Waals surface area (Å²) in [6.07, 6.45) is 6.19. The largest absolute Gasteiger partial charge is 0.285 e. The Balaban J connectivity index is 1.55. The van der Waals surface area contributed by atoms with Gasteiger partial charge in [0.25, 0.3) is 0 Å². The molecule has 5 nitrogen and oxygen atoms in total. The number of anilines is 1. The molecular weight excluding hydrogens is 312 g/mol. The number of hydrogen-bond acceptors (Lipinski definition) is 3. The molecule has 3 aliphatic rings. The van der Waals surface area contributed by atoms with Crippen LogP contribution in [0.25, 0.3) is 11.0 Å². The van der Waals surface area contributed by atoms with Crippen molar-refractivity contribution in [1.29, 1.82) is 5.26 Å². The van der Waals surface area contributed by atoms with Crippen molar-refractivity contribution in [2.75, 3.05) is 4.90 Å². The lowest BCUT2D eigenvalue weighted by Gasteiger charge is -2.58. The van der Waals surface area contributed by atoms with Crippen molar-refractivity contribution >= 4 is 22.9 Å². The van der Waals surface area contributed by atoms with Gasteiger partial charge in [-0.25, -0.2) is 4.98 Å². The fourth-order valence-corrected chi connectivity index (χ4v) is 4.70. The topological polar surface area (TPSA) is 61.9 Å². The van der Waals surface area contributed by atoms with Gasteiger partial charge >= 0.3 is 0 Å². The highest BCUT2D eigenvalue weighted by Crippen LogP contribution is 2.56. The van der Waals surface area contributed by atoms with E-state index >= 15 is 0 Å². The number of rotatable bonds is 3. The molecule has 1 spiro atoms. The molecule has 1 aromatic heterocycles. The number of carbonyl (C=O) groups excluding carboxylic acids is 1. The molecule has 2 saturated carbocycles. The lowest BCUT2D eigenvalue weighted by Crippen LogP contribution is -2.66. The Morgan fingerprint density at radius 2 is 2.16 bits per heavy atom. The second kappa shape index (κ2) is 4.63. The molecule has 0 radical (unpaired) electrons. The summed E-state index contributed by atoms with van der Waals surface area (Å²) in [5.74, 6) is 1.66. The highest BCUT2D eigenvalue weighted by molar-refractivity contribution is 5.99. The van der Waals surface area contributed by atoms with Crippen LogP contribution in [-0.2, 0) is 10.5 Å². The zero-order chi connectivity index (χ0) is 17.4. The third kappa shape index (κ3) is 1.88. The van der Waals surface area contributed by atoms with Gasteiger partial charge < -0.3 is 0 Å². The van der Waals surface area contributed by atoms with Crippen LogP contribution in [0.4, 0.5) is 5.95 Å². The Morgan fingerprint density at radius 1 is 1.40 bits per heavy atom.